The maximum absolute atomic E-state index is 13.1. The first kappa shape index (κ1) is 15.5. The van der Waals surface area contributed by atoms with E-state index >= 15 is 0 Å². The Balaban J connectivity index is 1.95. The Kier molecular flexibility index (Phi) is 5.46. The van der Waals surface area contributed by atoms with Gasteiger partial charge in [-0.2, -0.15) is 24.9 Å². The van der Waals surface area contributed by atoms with Gasteiger partial charge in [0.2, 0.25) is 0 Å². The van der Waals surface area contributed by atoms with Crippen molar-refractivity contribution >= 4 is 11.8 Å². The predicted molar refractivity (Wildman–Crippen MR) is 74.5 cm³/mol. The molecule has 2 fully saturated rings. The number of thioether (sulfide) groups is 1. The topological polar surface area (TPSA) is 12.0 Å². The Labute approximate surface area is 118 Å². The van der Waals surface area contributed by atoms with Crippen molar-refractivity contribution in [3.63, 3.8) is 0 Å². The quantitative estimate of drug-likeness (QED) is 0.826. The van der Waals surface area contributed by atoms with Crippen molar-refractivity contribution in [1.82, 2.24) is 5.32 Å². The molecule has 0 saturated heterocycles. The van der Waals surface area contributed by atoms with Gasteiger partial charge in [-0.05, 0) is 31.4 Å². The third-order valence-corrected chi connectivity index (χ3v) is 5.77. The molecule has 112 valence electrons. The molecule has 2 aliphatic carbocycles. The fourth-order valence-electron chi connectivity index (χ4n) is 3.53. The summed E-state index contributed by atoms with van der Waals surface area (Å²) in [5.74, 6) is -0.0786. The Morgan fingerprint density at radius 1 is 1.00 bits per heavy atom. The Morgan fingerprint density at radius 2 is 1.68 bits per heavy atom. The van der Waals surface area contributed by atoms with Crippen LogP contribution in [0.3, 0.4) is 0 Å². The zero-order valence-electron chi connectivity index (χ0n) is 11.5. The maximum atomic E-state index is 13.1. The molecule has 2 rings (SSSR count). The Bertz CT molecular complexity index is 282. The van der Waals surface area contributed by atoms with E-state index in [-0.39, 0.29) is 12.1 Å². The molecule has 4 unspecified atom stereocenters. The van der Waals surface area contributed by atoms with Crippen molar-refractivity contribution < 1.29 is 13.2 Å². The lowest BCUT2D eigenvalue weighted by Gasteiger charge is -2.36. The summed E-state index contributed by atoms with van der Waals surface area (Å²) >= 11 is 1.90. The summed E-state index contributed by atoms with van der Waals surface area (Å²) < 4.78 is 39.2. The van der Waals surface area contributed by atoms with Crippen LogP contribution < -0.4 is 5.32 Å². The van der Waals surface area contributed by atoms with Gasteiger partial charge in [0, 0.05) is 17.3 Å². The summed E-state index contributed by atoms with van der Waals surface area (Å²) in [6.07, 6.45) is 1.95. The van der Waals surface area contributed by atoms with Crippen molar-refractivity contribution in [2.45, 2.75) is 75.4 Å². The van der Waals surface area contributed by atoms with Crippen LogP contribution in [0.15, 0.2) is 0 Å². The van der Waals surface area contributed by atoms with E-state index in [4.69, 9.17) is 0 Å². The van der Waals surface area contributed by atoms with Crippen LogP contribution in [0, 0.1) is 5.92 Å². The first-order chi connectivity index (χ1) is 9.02. The van der Waals surface area contributed by atoms with Gasteiger partial charge in [-0.1, -0.05) is 26.2 Å². The van der Waals surface area contributed by atoms with E-state index in [1.54, 1.807) is 0 Å². The normalized spacial score (nSPS) is 36.6. The van der Waals surface area contributed by atoms with Crippen LogP contribution in [-0.2, 0) is 0 Å². The maximum Gasteiger partial charge on any atom is 0.393 e. The average Bonchev–Trinajstić information content (AvgIpc) is 2.77. The molecule has 2 saturated carbocycles. The zero-order chi connectivity index (χ0) is 13.9. The predicted octanol–water partition coefficient (Wildman–Crippen LogP) is 4.37. The van der Waals surface area contributed by atoms with Crippen LogP contribution in [0.2, 0.25) is 0 Å². The van der Waals surface area contributed by atoms with Crippen molar-refractivity contribution in [2.24, 2.45) is 5.92 Å². The number of hydrogen-bond acceptors (Lipinski definition) is 2. The molecular weight excluding hydrogens is 271 g/mol. The van der Waals surface area contributed by atoms with Crippen molar-refractivity contribution in [3.05, 3.63) is 0 Å². The number of halogens is 3. The van der Waals surface area contributed by atoms with Crippen LogP contribution in [-0.4, -0.2) is 29.3 Å². The van der Waals surface area contributed by atoms with E-state index in [0.717, 1.165) is 37.9 Å². The second-order valence-corrected chi connectivity index (χ2v) is 7.25. The second kappa shape index (κ2) is 6.70. The van der Waals surface area contributed by atoms with Gasteiger partial charge in [-0.3, -0.25) is 0 Å². The summed E-state index contributed by atoms with van der Waals surface area (Å²) in [4.78, 5) is 0. The highest BCUT2D eigenvalue weighted by molar-refractivity contribution is 7.99. The number of hydrogen-bond donors (Lipinski definition) is 1. The minimum absolute atomic E-state index is 0.290. The molecule has 1 N–H and O–H groups in total. The molecule has 1 nitrogen and oxygen atoms in total. The highest BCUT2D eigenvalue weighted by Gasteiger charge is 2.46. The standard InChI is InChI=1S/C14H24F3NS/c1-2-19-13-9-5-8-12(13)18-11-7-4-3-6-10(11)14(15,16)17/h10-13,18H,2-9H2,1H3. The summed E-state index contributed by atoms with van der Waals surface area (Å²) in [5.41, 5.74) is 0. The summed E-state index contributed by atoms with van der Waals surface area (Å²) in [6.45, 7) is 2.12. The summed E-state index contributed by atoms with van der Waals surface area (Å²) in [5, 5.41) is 3.88. The first-order valence-corrected chi connectivity index (χ1v) is 8.51. The van der Waals surface area contributed by atoms with Gasteiger partial charge in [0.1, 0.15) is 0 Å². The van der Waals surface area contributed by atoms with Gasteiger partial charge < -0.3 is 5.32 Å². The molecule has 0 aromatic carbocycles. The largest absolute Gasteiger partial charge is 0.393 e. The van der Waals surface area contributed by atoms with E-state index < -0.39 is 12.1 Å². The molecule has 2 aliphatic rings. The van der Waals surface area contributed by atoms with Gasteiger partial charge in [-0.25, -0.2) is 0 Å². The van der Waals surface area contributed by atoms with Gasteiger partial charge >= 0.3 is 6.18 Å². The minimum Gasteiger partial charge on any atom is -0.310 e. The smallest absolute Gasteiger partial charge is 0.310 e. The van der Waals surface area contributed by atoms with Crippen LogP contribution >= 0.6 is 11.8 Å². The van der Waals surface area contributed by atoms with Crippen LogP contribution in [0.5, 0.6) is 0 Å². The van der Waals surface area contributed by atoms with Gasteiger partial charge in [0.25, 0.3) is 0 Å². The lowest BCUT2D eigenvalue weighted by molar-refractivity contribution is -0.189. The highest BCUT2D eigenvalue weighted by Crippen LogP contribution is 2.39. The first-order valence-electron chi connectivity index (χ1n) is 7.46. The van der Waals surface area contributed by atoms with Crippen molar-refractivity contribution in [3.8, 4) is 0 Å². The second-order valence-electron chi connectivity index (χ2n) is 5.74. The number of nitrogens with one attached hydrogen (secondary N) is 1. The fraction of sp³-hybridized carbons (Fsp3) is 1.00. The van der Waals surface area contributed by atoms with Crippen molar-refractivity contribution in [2.75, 3.05) is 5.75 Å². The lowest BCUT2D eigenvalue weighted by atomic mass is 9.83. The molecule has 0 amide bonds. The molecule has 0 bridgehead atoms. The lowest BCUT2D eigenvalue weighted by Crippen LogP contribution is -2.50. The summed E-state index contributed by atoms with van der Waals surface area (Å²) in [7, 11) is 0. The van der Waals surface area contributed by atoms with E-state index in [1.807, 2.05) is 11.8 Å². The van der Waals surface area contributed by atoms with Crippen LogP contribution in [0.4, 0.5) is 13.2 Å². The molecule has 19 heavy (non-hydrogen) atoms. The van der Waals surface area contributed by atoms with Crippen LogP contribution in [0.1, 0.15) is 51.9 Å². The van der Waals surface area contributed by atoms with Crippen LogP contribution in [0.25, 0.3) is 0 Å². The zero-order valence-corrected chi connectivity index (χ0v) is 12.3. The molecule has 0 aromatic heterocycles. The summed E-state index contributed by atoms with van der Waals surface area (Å²) in [6, 6.07) is -0.0605. The number of rotatable bonds is 4. The Morgan fingerprint density at radius 3 is 2.37 bits per heavy atom. The molecule has 0 spiro atoms. The molecule has 0 heterocycles. The minimum atomic E-state index is -4.04. The SMILES string of the molecule is CCSC1CCCC1NC1CCCCC1C(F)(F)F. The third-order valence-electron chi connectivity index (χ3n) is 4.45. The van der Waals surface area contributed by atoms with E-state index in [0.29, 0.717) is 18.1 Å². The molecule has 0 aromatic rings. The molecule has 4 atom stereocenters. The average molecular weight is 295 g/mol. The van der Waals surface area contributed by atoms with E-state index in [9.17, 15) is 13.2 Å². The monoisotopic (exact) mass is 295 g/mol. The number of alkyl halides is 3. The van der Waals surface area contributed by atoms with Gasteiger partial charge in [0.05, 0.1) is 5.92 Å². The van der Waals surface area contributed by atoms with E-state index in [2.05, 4.69) is 12.2 Å². The third kappa shape index (κ3) is 4.03. The van der Waals surface area contributed by atoms with Gasteiger partial charge in [-0.15, -0.1) is 0 Å². The van der Waals surface area contributed by atoms with E-state index in [1.165, 1.54) is 0 Å². The highest BCUT2D eigenvalue weighted by atomic mass is 32.2. The molecular formula is C14H24F3NS. The molecule has 0 radical (unpaired) electrons. The van der Waals surface area contributed by atoms with Gasteiger partial charge in [0.15, 0.2) is 0 Å². The fourth-order valence-corrected chi connectivity index (χ4v) is 4.74. The Hall–Kier alpha value is 0.100. The molecule has 5 heteroatoms. The van der Waals surface area contributed by atoms with Crippen molar-refractivity contribution in [1.29, 1.82) is 0 Å². The molecule has 0 aliphatic heterocycles.